The van der Waals surface area contributed by atoms with E-state index in [2.05, 4.69) is 0 Å². The lowest BCUT2D eigenvalue weighted by Crippen LogP contribution is -2.29. The molecular weight excluding hydrogens is 435 g/mol. The number of hydrogen-bond acceptors (Lipinski definition) is 5. The Morgan fingerprint density at radius 3 is 2.18 bits per heavy atom. The summed E-state index contributed by atoms with van der Waals surface area (Å²) in [5, 5.41) is 20.1. The Bertz CT molecular complexity index is 1300. The van der Waals surface area contributed by atoms with Crippen molar-refractivity contribution in [2.24, 2.45) is 0 Å². The number of aliphatic hydroxyl groups is 1. The molecule has 4 rings (SSSR count). The first-order valence-electron chi connectivity index (χ1n) is 10.6. The molecule has 1 aliphatic rings. The molecule has 3 aromatic carbocycles. The van der Waals surface area contributed by atoms with E-state index < -0.39 is 29.3 Å². The molecular formula is C27H21FN2O4. The third-order valence-corrected chi connectivity index (χ3v) is 5.40. The summed E-state index contributed by atoms with van der Waals surface area (Å²) in [6, 6.07) is 19.2. The van der Waals surface area contributed by atoms with Crippen molar-refractivity contribution in [3.63, 3.8) is 0 Å². The summed E-state index contributed by atoms with van der Waals surface area (Å²) in [4.78, 5) is 27.6. The predicted molar refractivity (Wildman–Crippen MR) is 125 cm³/mol. The molecule has 1 heterocycles. The molecule has 6 nitrogen and oxygen atoms in total. The first-order valence-corrected chi connectivity index (χ1v) is 10.6. The summed E-state index contributed by atoms with van der Waals surface area (Å²) in [5.41, 5.74) is 1.47. The van der Waals surface area contributed by atoms with Crippen LogP contribution in [-0.2, 0) is 9.59 Å². The van der Waals surface area contributed by atoms with Gasteiger partial charge in [-0.1, -0.05) is 12.1 Å². The number of Topliss-reactive ketones (excluding diaryl/α,β-unsaturated/α-hetero) is 1. The quantitative estimate of drug-likeness (QED) is 0.327. The van der Waals surface area contributed by atoms with Crippen LogP contribution in [0.5, 0.6) is 5.75 Å². The fourth-order valence-electron chi connectivity index (χ4n) is 3.87. The number of carbonyl (C=O) groups is 2. The molecule has 1 saturated heterocycles. The third-order valence-electron chi connectivity index (χ3n) is 5.40. The van der Waals surface area contributed by atoms with Crippen molar-refractivity contribution in [1.29, 1.82) is 5.26 Å². The van der Waals surface area contributed by atoms with Gasteiger partial charge in [-0.2, -0.15) is 5.26 Å². The molecule has 34 heavy (non-hydrogen) atoms. The molecule has 3 aromatic rings. The number of carbonyl (C=O) groups excluding carboxylic acids is 2. The zero-order chi connectivity index (χ0) is 24.4. The molecule has 1 amide bonds. The highest BCUT2D eigenvalue weighted by molar-refractivity contribution is 6.51. The Balaban J connectivity index is 1.88. The lowest BCUT2D eigenvalue weighted by Gasteiger charge is -2.25. The molecule has 0 spiro atoms. The van der Waals surface area contributed by atoms with E-state index in [1.165, 1.54) is 29.2 Å². The second kappa shape index (κ2) is 9.20. The van der Waals surface area contributed by atoms with Crippen molar-refractivity contribution in [2.75, 3.05) is 4.90 Å². The maximum Gasteiger partial charge on any atom is 0.300 e. The molecule has 0 saturated carbocycles. The Morgan fingerprint density at radius 2 is 1.62 bits per heavy atom. The normalized spacial score (nSPS) is 17.1. The summed E-state index contributed by atoms with van der Waals surface area (Å²) in [7, 11) is 0. The van der Waals surface area contributed by atoms with Gasteiger partial charge in [-0.25, -0.2) is 4.39 Å². The lowest BCUT2D eigenvalue weighted by molar-refractivity contribution is -0.132. The summed E-state index contributed by atoms with van der Waals surface area (Å²) in [6.07, 6.45) is -0.0337. The van der Waals surface area contributed by atoms with Crippen LogP contribution in [0, 0.1) is 17.1 Å². The van der Waals surface area contributed by atoms with Gasteiger partial charge in [0.2, 0.25) is 0 Å². The van der Waals surface area contributed by atoms with Gasteiger partial charge in [0, 0.05) is 11.3 Å². The summed E-state index contributed by atoms with van der Waals surface area (Å²) >= 11 is 0. The number of nitriles is 1. The number of rotatable bonds is 5. The number of halogens is 1. The van der Waals surface area contributed by atoms with Crippen LogP contribution in [0.4, 0.5) is 10.1 Å². The van der Waals surface area contributed by atoms with Gasteiger partial charge < -0.3 is 9.84 Å². The van der Waals surface area contributed by atoms with Gasteiger partial charge in [0.15, 0.2) is 0 Å². The summed E-state index contributed by atoms with van der Waals surface area (Å²) in [5.74, 6) is -1.96. The van der Waals surface area contributed by atoms with Crippen LogP contribution in [0.2, 0.25) is 0 Å². The molecule has 0 aliphatic carbocycles. The molecule has 7 heteroatoms. The van der Waals surface area contributed by atoms with Crippen LogP contribution in [0.3, 0.4) is 0 Å². The van der Waals surface area contributed by atoms with Crippen LogP contribution in [-0.4, -0.2) is 22.9 Å². The lowest BCUT2D eigenvalue weighted by atomic mass is 9.95. The number of aliphatic hydroxyl groups excluding tert-OH is 1. The van der Waals surface area contributed by atoms with Crippen LogP contribution in [0.25, 0.3) is 5.76 Å². The molecule has 1 atom stereocenters. The second-order valence-electron chi connectivity index (χ2n) is 8.07. The molecule has 1 fully saturated rings. The zero-order valence-electron chi connectivity index (χ0n) is 18.5. The van der Waals surface area contributed by atoms with E-state index in [1.807, 2.05) is 19.9 Å². The van der Waals surface area contributed by atoms with E-state index in [9.17, 15) is 19.1 Å². The molecule has 0 radical (unpaired) electrons. The number of benzene rings is 3. The summed E-state index contributed by atoms with van der Waals surface area (Å²) in [6.45, 7) is 3.80. The van der Waals surface area contributed by atoms with Crippen molar-refractivity contribution in [3.05, 3.63) is 101 Å². The number of anilines is 1. The number of ketones is 1. The Morgan fingerprint density at radius 1 is 1.00 bits per heavy atom. The fourth-order valence-corrected chi connectivity index (χ4v) is 3.87. The van der Waals surface area contributed by atoms with E-state index in [-0.39, 0.29) is 17.2 Å². The van der Waals surface area contributed by atoms with Crippen molar-refractivity contribution in [1.82, 2.24) is 0 Å². The molecule has 0 bridgehead atoms. The average molecular weight is 456 g/mol. The van der Waals surface area contributed by atoms with E-state index in [1.54, 1.807) is 48.5 Å². The first kappa shape index (κ1) is 22.7. The van der Waals surface area contributed by atoms with E-state index in [4.69, 9.17) is 10.00 Å². The molecule has 1 unspecified atom stereocenters. The number of amides is 1. The highest BCUT2D eigenvalue weighted by Gasteiger charge is 2.47. The molecule has 1 aliphatic heterocycles. The van der Waals surface area contributed by atoms with Crippen LogP contribution in [0.15, 0.2) is 78.4 Å². The van der Waals surface area contributed by atoms with Gasteiger partial charge in [-0.05, 0) is 80.1 Å². The van der Waals surface area contributed by atoms with Gasteiger partial charge in [-0.3, -0.25) is 14.5 Å². The maximum atomic E-state index is 13.4. The predicted octanol–water partition coefficient (Wildman–Crippen LogP) is 5.11. The first-order chi connectivity index (χ1) is 16.3. The largest absolute Gasteiger partial charge is 0.507 e. The molecule has 1 N–H and O–H groups in total. The van der Waals surface area contributed by atoms with E-state index >= 15 is 0 Å². The van der Waals surface area contributed by atoms with Crippen LogP contribution in [0.1, 0.15) is 36.6 Å². The number of ether oxygens (including phenoxy) is 1. The molecule has 0 aromatic heterocycles. The average Bonchev–Trinajstić information content (AvgIpc) is 3.09. The second-order valence-corrected chi connectivity index (χ2v) is 8.07. The highest BCUT2D eigenvalue weighted by Crippen LogP contribution is 2.42. The number of hydrogen-bond donors (Lipinski definition) is 1. The van der Waals surface area contributed by atoms with Crippen molar-refractivity contribution in [2.45, 2.75) is 26.0 Å². The smallest absolute Gasteiger partial charge is 0.300 e. The third kappa shape index (κ3) is 4.26. The standard InChI is InChI=1S/C27H21FN2O4/c1-16(2)34-22-13-7-18(8-14-22)24-23(25(31)19-5-9-20(28)10-6-19)26(32)27(33)30(24)21-11-3-17(15-29)4-12-21/h3-14,16,24,31H,1-2H3/b25-23+. The van der Waals surface area contributed by atoms with E-state index in [0.717, 1.165) is 0 Å². The maximum absolute atomic E-state index is 13.4. The van der Waals surface area contributed by atoms with Gasteiger partial charge in [0.25, 0.3) is 11.7 Å². The van der Waals surface area contributed by atoms with Crippen molar-refractivity contribution in [3.8, 4) is 11.8 Å². The monoisotopic (exact) mass is 456 g/mol. The van der Waals surface area contributed by atoms with Gasteiger partial charge in [0.1, 0.15) is 17.3 Å². The van der Waals surface area contributed by atoms with Crippen molar-refractivity contribution < 1.29 is 23.8 Å². The zero-order valence-corrected chi connectivity index (χ0v) is 18.5. The van der Waals surface area contributed by atoms with E-state index in [0.29, 0.717) is 22.6 Å². The minimum Gasteiger partial charge on any atom is -0.507 e. The molecule has 170 valence electrons. The Hall–Kier alpha value is -4.44. The highest BCUT2D eigenvalue weighted by atomic mass is 19.1. The SMILES string of the molecule is CC(C)Oc1ccc(C2/C(=C(\O)c3ccc(F)cc3)C(=O)C(=O)N2c2ccc(C#N)cc2)cc1. The fraction of sp³-hybridized carbons (Fsp3) is 0.148. The topological polar surface area (TPSA) is 90.6 Å². The van der Waals surface area contributed by atoms with Gasteiger partial charge >= 0.3 is 0 Å². The minimum absolute atomic E-state index is 0.0337. The van der Waals surface area contributed by atoms with Gasteiger partial charge in [0.05, 0.1) is 29.4 Å². The minimum atomic E-state index is -0.939. The van der Waals surface area contributed by atoms with Crippen molar-refractivity contribution >= 4 is 23.1 Å². The van der Waals surface area contributed by atoms with Gasteiger partial charge in [-0.15, -0.1) is 0 Å². The Kier molecular flexibility index (Phi) is 6.15. The Labute approximate surface area is 196 Å². The van der Waals surface area contributed by atoms with Crippen LogP contribution >= 0.6 is 0 Å². The number of nitrogens with zero attached hydrogens (tertiary/aromatic N) is 2. The van der Waals surface area contributed by atoms with Crippen LogP contribution < -0.4 is 9.64 Å². The summed E-state index contributed by atoms with van der Waals surface area (Å²) < 4.78 is 19.1.